The predicted molar refractivity (Wildman–Crippen MR) is 129 cm³/mol. The monoisotopic (exact) mass is 456 g/mol. The van der Waals surface area contributed by atoms with Gasteiger partial charge in [-0.25, -0.2) is 4.79 Å². The maximum Gasteiger partial charge on any atom is 0.317 e. The molecule has 3 unspecified atom stereocenters. The van der Waals surface area contributed by atoms with E-state index >= 15 is 0 Å². The van der Waals surface area contributed by atoms with Gasteiger partial charge in [0, 0.05) is 56.9 Å². The SMILES string of the molecule is Cn1cc(OCC(O)CN2CC3CC(C2)CN(C(=O)NC(C)(C)C)C3)c2ccccc2c1=O. The van der Waals surface area contributed by atoms with Crippen LogP contribution in [0.15, 0.2) is 35.3 Å². The lowest BCUT2D eigenvalue weighted by atomic mass is 9.84. The average molecular weight is 457 g/mol. The van der Waals surface area contributed by atoms with Crippen molar-refractivity contribution in [3.8, 4) is 5.75 Å². The number of amides is 2. The number of aliphatic hydroxyl groups is 1. The number of hydrogen-bond donors (Lipinski definition) is 2. The Bertz CT molecular complexity index is 1050. The standard InChI is InChI=1S/C25H36N4O4/c1-25(2,3)26-24(32)29-12-17-9-18(13-29)11-28(10-17)14-19(30)16-33-22-15-27(4)23(31)21-8-6-5-7-20(21)22/h5-8,15,17-19,30H,9-14,16H2,1-4H3,(H,26,32). The van der Waals surface area contributed by atoms with Gasteiger partial charge in [0.1, 0.15) is 18.5 Å². The number of carbonyl (C=O) groups is 1. The van der Waals surface area contributed by atoms with E-state index in [2.05, 4.69) is 10.2 Å². The van der Waals surface area contributed by atoms with Gasteiger partial charge in [-0.05, 0) is 45.1 Å². The van der Waals surface area contributed by atoms with Crippen LogP contribution in [-0.4, -0.2) is 76.5 Å². The summed E-state index contributed by atoms with van der Waals surface area (Å²) in [6.45, 7) is 9.94. The van der Waals surface area contributed by atoms with E-state index in [1.807, 2.05) is 43.9 Å². The van der Waals surface area contributed by atoms with Gasteiger partial charge in [-0.1, -0.05) is 18.2 Å². The second-order valence-corrected chi connectivity index (χ2v) is 10.7. The molecule has 2 aromatic rings. The third-order valence-corrected chi connectivity index (χ3v) is 6.38. The average Bonchev–Trinajstić information content (AvgIpc) is 2.73. The van der Waals surface area contributed by atoms with E-state index < -0.39 is 6.10 Å². The van der Waals surface area contributed by atoms with Gasteiger partial charge < -0.3 is 24.6 Å². The third kappa shape index (κ3) is 5.68. The highest BCUT2D eigenvalue weighted by molar-refractivity contribution is 5.87. The lowest BCUT2D eigenvalue weighted by molar-refractivity contribution is 0.00874. The van der Waals surface area contributed by atoms with Gasteiger partial charge in [-0.15, -0.1) is 0 Å². The number of nitrogens with one attached hydrogen (secondary N) is 1. The molecule has 2 saturated heterocycles. The fraction of sp³-hybridized carbons (Fsp3) is 0.600. The Balaban J connectivity index is 1.32. The van der Waals surface area contributed by atoms with Crippen molar-refractivity contribution in [2.75, 3.05) is 39.3 Å². The lowest BCUT2D eigenvalue weighted by Gasteiger charge is -2.46. The summed E-state index contributed by atoms with van der Waals surface area (Å²) in [5.41, 5.74) is -0.306. The molecule has 1 aromatic heterocycles. The van der Waals surface area contributed by atoms with E-state index in [9.17, 15) is 14.7 Å². The molecule has 2 bridgehead atoms. The fourth-order valence-electron chi connectivity index (χ4n) is 5.13. The molecule has 33 heavy (non-hydrogen) atoms. The van der Waals surface area contributed by atoms with Crippen molar-refractivity contribution >= 4 is 16.8 Å². The molecular formula is C25H36N4O4. The van der Waals surface area contributed by atoms with Crippen molar-refractivity contribution < 1.29 is 14.6 Å². The first-order chi connectivity index (χ1) is 15.6. The Morgan fingerprint density at radius 2 is 1.79 bits per heavy atom. The summed E-state index contributed by atoms with van der Waals surface area (Å²) in [6.07, 6.45) is 2.17. The zero-order valence-corrected chi connectivity index (χ0v) is 20.1. The largest absolute Gasteiger partial charge is 0.489 e. The molecule has 0 radical (unpaired) electrons. The second-order valence-electron chi connectivity index (χ2n) is 10.7. The Kier molecular flexibility index (Phi) is 6.68. The normalized spacial score (nSPS) is 22.3. The summed E-state index contributed by atoms with van der Waals surface area (Å²) < 4.78 is 7.46. The molecule has 0 aliphatic carbocycles. The van der Waals surface area contributed by atoms with Crippen molar-refractivity contribution in [1.82, 2.24) is 19.7 Å². The van der Waals surface area contributed by atoms with Crippen LogP contribution >= 0.6 is 0 Å². The van der Waals surface area contributed by atoms with Crippen molar-refractivity contribution in [3.63, 3.8) is 0 Å². The summed E-state index contributed by atoms with van der Waals surface area (Å²) in [5, 5.41) is 15.1. The summed E-state index contributed by atoms with van der Waals surface area (Å²) in [4.78, 5) is 29.2. The van der Waals surface area contributed by atoms with Crippen molar-refractivity contribution in [2.24, 2.45) is 18.9 Å². The van der Waals surface area contributed by atoms with Crippen molar-refractivity contribution in [3.05, 3.63) is 40.8 Å². The van der Waals surface area contributed by atoms with Gasteiger partial charge in [0.25, 0.3) is 5.56 Å². The summed E-state index contributed by atoms with van der Waals surface area (Å²) >= 11 is 0. The minimum atomic E-state index is -0.639. The number of ether oxygens (including phenoxy) is 1. The molecule has 2 fully saturated rings. The van der Waals surface area contributed by atoms with Crippen LogP contribution in [0, 0.1) is 11.8 Å². The van der Waals surface area contributed by atoms with Gasteiger partial charge in [-0.3, -0.25) is 9.69 Å². The number of piperidine rings is 2. The number of hydrogen-bond acceptors (Lipinski definition) is 5. The minimum absolute atomic E-state index is 0.0172. The third-order valence-electron chi connectivity index (χ3n) is 6.38. The summed E-state index contributed by atoms with van der Waals surface area (Å²) in [5.74, 6) is 1.44. The molecule has 8 nitrogen and oxygen atoms in total. The first-order valence-corrected chi connectivity index (χ1v) is 11.8. The predicted octanol–water partition coefficient (Wildman–Crippen LogP) is 2.04. The van der Waals surface area contributed by atoms with Crippen LogP contribution in [0.1, 0.15) is 27.2 Å². The van der Waals surface area contributed by atoms with E-state index in [-0.39, 0.29) is 23.7 Å². The van der Waals surface area contributed by atoms with Crippen LogP contribution in [0.2, 0.25) is 0 Å². The molecule has 1 aromatic carbocycles. The van der Waals surface area contributed by atoms with Gasteiger partial charge in [0.05, 0.1) is 5.39 Å². The van der Waals surface area contributed by atoms with Crippen LogP contribution in [0.25, 0.3) is 10.8 Å². The van der Waals surface area contributed by atoms with Crippen LogP contribution in [0.3, 0.4) is 0 Å². The maximum absolute atomic E-state index is 12.6. The molecule has 2 aliphatic rings. The highest BCUT2D eigenvalue weighted by atomic mass is 16.5. The minimum Gasteiger partial charge on any atom is -0.489 e. The Morgan fingerprint density at radius 1 is 1.15 bits per heavy atom. The number of pyridine rings is 1. The first-order valence-electron chi connectivity index (χ1n) is 11.8. The number of urea groups is 1. The fourth-order valence-corrected chi connectivity index (χ4v) is 5.13. The number of rotatable bonds is 5. The Morgan fingerprint density at radius 3 is 2.42 bits per heavy atom. The van der Waals surface area contributed by atoms with Gasteiger partial charge in [-0.2, -0.15) is 0 Å². The van der Waals surface area contributed by atoms with Gasteiger partial charge >= 0.3 is 6.03 Å². The number of β-amino-alcohol motifs (C(OH)–C–C–N with tert-alkyl or cyclic N) is 1. The smallest absolute Gasteiger partial charge is 0.317 e. The molecule has 2 N–H and O–H groups in total. The number of aryl methyl sites for hydroxylation is 1. The van der Waals surface area contributed by atoms with Crippen LogP contribution in [-0.2, 0) is 7.05 Å². The zero-order valence-electron chi connectivity index (χ0n) is 20.1. The number of fused-ring (bicyclic) bond motifs is 3. The molecule has 3 heterocycles. The number of benzene rings is 1. The highest BCUT2D eigenvalue weighted by Gasteiger charge is 2.37. The number of likely N-dealkylation sites (tertiary alicyclic amines) is 2. The molecule has 0 saturated carbocycles. The highest BCUT2D eigenvalue weighted by Crippen LogP contribution is 2.29. The van der Waals surface area contributed by atoms with E-state index in [4.69, 9.17) is 4.74 Å². The summed E-state index contributed by atoms with van der Waals surface area (Å²) in [7, 11) is 1.70. The molecule has 0 spiro atoms. The zero-order chi connectivity index (χ0) is 23.8. The quantitative estimate of drug-likeness (QED) is 0.719. The van der Waals surface area contributed by atoms with E-state index in [0.29, 0.717) is 29.5 Å². The van der Waals surface area contributed by atoms with E-state index in [1.54, 1.807) is 19.3 Å². The molecule has 2 aliphatic heterocycles. The van der Waals surface area contributed by atoms with Gasteiger partial charge in [0.2, 0.25) is 0 Å². The van der Waals surface area contributed by atoms with Crippen LogP contribution in [0.4, 0.5) is 4.79 Å². The number of aromatic nitrogens is 1. The summed E-state index contributed by atoms with van der Waals surface area (Å²) in [6, 6.07) is 7.39. The van der Waals surface area contributed by atoms with Crippen LogP contribution < -0.4 is 15.6 Å². The Labute approximate surface area is 195 Å². The molecule has 2 amide bonds. The van der Waals surface area contributed by atoms with E-state index in [0.717, 1.165) is 38.0 Å². The van der Waals surface area contributed by atoms with Crippen LogP contribution in [0.5, 0.6) is 5.75 Å². The maximum atomic E-state index is 12.6. The van der Waals surface area contributed by atoms with Crippen molar-refractivity contribution in [1.29, 1.82) is 0 Å². The molecule has 8 heteroatoms. The molecule has 3 atom stereocenters. The number of nitrogens with zero attached hydrogens (tertiary/aromatic N) is 3. The number of carbonyl (C=O) groups excluding carboxylic acids is 1. The number of aliphatic hydroxyl groups excluding tert-OH is 1. The van der Waals surface area contributed by atoms with Gasteiger partial charge in [0.15, 0.2) is 0 Å². The van der Waals surface area contributed by atoms with E-state index in [1.165, 1.54) is 4.57 Å². The van der Waals surface area contributed by atoms with Crippen molar-refractivity contribution in [2.45, 2.75) is 38.8 Å². The molecule has 4 rings (SSSR count). The lowest BCUT2D eigenvalue weighted by Crippen LogP contribution is -2.58. The molecular weight excluding hydrogens is 420 g/mol. The topological polar surface area (TPSA) is 87.0 Å². The second kappa shape index (κ2) is 9.35. The Hall–Kier alpha value is -2.58. The molecule has 180 valence electrons. The first kappa shape index (κ1) is 23.6.